The standard InChI is InChI=1S/C13H17N5O2S/c1-8-6-10(19)18-12(15-8)21-13(16-18)17-5-3-4-9(7-17)11(20)14-2/h6,9H,3-5,7H2,1-2H3,(H,14,20). The van der Waals surface area contributed by atoms with Crippen LogP contribution in [-0.2, 0) is 4.79 Å². The van der Waals surface area contributed by atoms with Gasteiger partial charge >= 0.3 is 0 Å². The molecule has 1 fully saturated rings. The fraction of sp³-hybridized carbons (Fsp3) is 0.538. The molecule has 3 heterocycles. The number of fused-ring (bicyclic) bond motifs is 1. The monoisotopic (exact) mass is 307 g/mol. The van der Waals surface area contributed by atoms with Crippen LogP contribution in [0.5, 0.6) is 0 Å². The van der Waals surface area contributed by atoms with Gasteiger partial charge in [0.2, 0.25) is 16.0 Å². The first-order valence-electron chi connectivity index (χ1n) is 6.92. The fourth-order valence-electron chi connectivity index (χ4n) is 2.61. The van der Waals surface area contributed by atoms with Crippen molar-refractivity contribution in [1.82, 2.24) is 19.9 Å². The topological polar surface area (TPSA) is 79.6 Å². The Labute approximate surface area is 125 Å². The van der Waals surface area contributed by atoms with Gasteiger partial charge in [-0.15, -0.1) is 5.10 Å². The number of hydrogen-bond acceptors (Lipinski definition) is 6. The summed E-state index contributed by atoms with van der Waals surface area (Å²) < 4.78 is 1.33. The zero-order valence-electron chi connectivity index (χ0n) is 12.0. The maximum atomic E-state index is 11.9. The van der Waals surface area contributed by atoms with Crippen molar-refractivity contribution in [2.24, 2.45) is 5.92 Å². The highest BCUT2D eigenvalue weighted by atomic mass is 32.1. The molecule has 1 aliphatic heterocycles. The van der Waals surface area contributed by atoms with E-state index in [-0.39, 0.29) is 17.4 Å². The Hall–Kier alpha value is -1.96. The second kappa shape index (κ2) is 5.44. The Morgan fingerprint density at radius 1 is 1.52 bits per heavy atom. The highest BCUT2D eigenvalue weighted by Crippen LogP contribution is 2.26. The number of carbonyl (C=O) groups excluding carboxylic acids is 1. The molecule has 0 bridgehead atoms. The number of amides is 1. The number of aromatic nitrogens is 3. The van der Waals surface area contributed by atoms with E-state index in [1.54, 1.807) is 14.0 Å². The predicted octanol–water partition coefficient (Wildman–Crippen LogP) is 0.422. The molecule has 1 aliphatic rings. The summed E-state index contributed by atoms with van der Waals surface area (Å²) in [4.78, 5) is 30.7. The van der Waals surface area contributed by atoms with Crippen LogP contribution in [0.15, 0.2) is 10.9 Å². The maximum Gasteiger partial charge on any atom is 0.275 e. The quantitative estimate of drug-likeness (QED) is 0.870. The lowest BCUT2D eigenvalue weighted by atomic mass is 9.98. The van der Waals surface area contributed by atoms with Gasteiger partial charge in [0, 0.05) is 31.9 Å². The van der Waals surface area contributed by atoms with Gasteiger partial charge in [0.1, 0.15) is 0 Å². The van der Waals surface area contributed by atoms with Crippen LogP contribution in [-0.4, -0.2) is 40.6 Å². The fourth-order valence-corrected chi connectivity index (χ4v) is 3.59. The molecule has 0 aliphatic carbocycles. The second-order valence-corrected chi connectivity index (χ2v) is 6.15. The van der Waals surface area contributed by atoms with Crippen molar-refractivity contribution in [3.63, 3.8) is 0 Å². The van der Waals surface area contributed by atoms with Crippen molar-refractivity contribution in [3.8, 4) is 0 Å². The summed E-state index contributed by atoms with van der Waals surface area (Å²) in [6.45, 7) is 3.28. The number of aryl methyl sites for hydroxylation is 1. The third kappa shape index (κ3) is 2.63. The molecule has 0 radical (unpaired) electrons. The van der Waals surface area contributed by atoms with Gasteiger partial charge < -0.3 is 10.2 Å². The third-order valence-corrected chi connectivity index (χ3v) is 4.64. The first kappa shape index (κ1) is 14.0. The second-order valence-electron chi connectivity index (χ2n) is 5.21. The molecular weight excluding hydrogens is 290 g/mol. The highest BCUT2D eigenvalue weighted by molar-refractivity contribution is 7.20. The Morgan fingerprint density at radius 2 is 2.33 bits per heavy atom. The molecule has 1 N–H and O–H groups in total. The number of nitrogens with one attached hydrogen (secondary N) is 1. The van der Waals surface area contributed by atoms with Gasteiger partial charge in [-0.05, 0) is 19.8 Å². The van der Waals surface area contributed by atoms with E-state index in [2.05, 4.69) is 20.3 Å². The lowest BCUT2D eigenvalue weighted by molar-refractivity contribution is -0.124. The van der Waals surface area contributed by atoms with Gasteiger partial charge in [-0.2, -0.15) is 4.52 Å². The Morgan fingerprint density at radius 3 is 3.10 bits per heavy atom. The molecule has 2 aromatic heterocycles. The van der Waals surface area contributed by atoms with Gasteiger partial charge in [-0.25, -0.2) is 4.98 Å². The number of hydrogen-bond donors (Lipinski definition) is 1. The SMILES string of the molecule is CNC(=O)C1CCCN(c2nn3c(=O)cc(C)nc3s2)C1. The summed E-state index contributed by atoms with van der Waals surface area (Å²) in [6, 6.07) is 1.47. The van der Waals surface area contributed by atoms with Gasteiger partial charge in [0.25, 0.3) is 5.56 Å². The Balaban J connectivity index is 1.91. The lowest BCUT2D eigenvalue weighted by Crippen LogP contribution is -2.42. The Bertz CT molecular complexity index is 738. The Kier molecular flexibility index (Phi) is 3.62. The van der Waals surface area contributed by atoms with Gasteiger partial charge in [-0.3, -0.25) is 9.59 Å². The lowest BCUT2D eigenvalue weighted by Gasteiger charge is -2.31. The van der Waals surface area contributed by atoms with Crippen LogP contribution in [0, 0.1) is 12.8 Å². The smallest absolute Gasteiger partial charge is 0.275 e. The van der Waals surface area contributed by atoms with Crippen molar-refractivity contribution in [3.05, 3.63) is 22.1 Å². The first-order chi connectivity index (χ1) is 10.1. The van der Waals surface area contributed by atoms with E-state index in [1.807, 2.05) is 0 Å². The molecule has 1 amide bonds. The van der Waals surface area contributed by atoms with Crippen LogP contribution in [0.1, 0.15) is 18.5 Å². The molecule has 3 rings (SSSR count). The van der Waals surface area contributed by atoms with E-state index in [0.29, 0.717) is 17.2 Å². The van der Waals surface area contributed by atoms with Crippen molar-refractivity contribution >= 4 is 27.3 Å². The molecule has 0 spiro atoms. The number of rotatable bonds is 2. The van der Waals surface area contributed by atoms with Crippen LogP contribution in [0.4, 0.5) is 5.13 Å². The van der Waals surface area contributed by atoms with Gasteiger partial charge in [-0.1, -0.05) is 11.3 Å². The summed E-state index contributed by atoms with van der Waals surface area (Å²) in [5.74, 6) is 0.0362. The van der Waals surface area contributed by atoms with Crippen LogP contribution in [0.3, 0.4) is 0 Å². The highest BCUT2D eigenvalue weighted by Gasteiger charge is 2.27. The van der Waals surface area contributed by atoms with Crippen molar-refractivity contribution in [2.45, 2.75) is 19.8 Å². The summed E-state index contributed by atoms with van der Waals surface area (Å²) in [6.07, 6.45) is 1.83. The molecule has 1 saturated heterocycles. The zero-order valence-corrected chi connectivity index (χ0v) is 12.8. The predicted molar refractivity (Wildman–Crippen MR) is 80.9 cm³/mol. The van der Waals surface area contributed by atoms with E-state index < -0.39 is 0 Å². The van der Waals surface area contributed by atoms with E-state index in [0.717, 1.165) is 24.5 Å². The third-order valence-electron chi connectivity index (χ3n) is 3.67. The molecular formula is C13H17N5O2S. The molecule has 7 nitrogen and oxygen atoms in total. The summed E-state index contributed by atoms with van der Waals surface area (Å²) in [7, 11) is 1.66. The molecule has 2 aromatic rings. The van der Waals surface area contributed by atoms with Crippen LogP contribution < -0.4 is 15.8 Å². The van der Waals surface area contributed by atoms with Crippen LogP contribution in [0.2, 0.25) is 0 Å². The zero-order chi connectivity index (χ0) is 15.0. The molecule has 1 unspecified atom stereocenters. The molecule has 21 heavy (non-hydrogen) atoms. The minimum Gasteiger partial charge on any atom is -0.359 e. The average Bonchev–Trinajstić information content (AvgIpc) is 2.91. The first-order valence-corrected chi connectivity index (χ1v) is 7.74. The number of anilines is 1. The number of piperidine rings is 1. The molecule has 112 valence electrons. The van der Waals surface area contributed by atoms with Crippen molar-refractivity contribution in [2.75, 3.05) is 25.0 Å². The van der Waals surface area contributed by atoms with E-state index in [1.165, 1.54) is 21.9 Å². The molecule has 1 atom stereocenters. The molecule has 0 aromatic carbocycles. The van der Waals surface area contributed by atoms with E-state index >= 15 is 0 Å². The summed E-state index contributed by atoms with van der Waals surface area (Å²) in [5, 5.41) is 7.80. The number of carbonyl (C=O) groups is 1. The van der Waals surface area contributed by atoms with E-state index in [4.69, 9.17) is 0 Å². The van der Waals surface area contributed by atoms with Crippen LogP contribution >= 0.6 is 11.3 Å². The summed E-state index contributed by atoms with van der Waals surface area (Å²) in [5.41, 5.74) is 0.525. The minimum atomic E-state index is -0.167. The minimum absolute atomic E-state index is 0.0258. The van der Waals surface area contributed by atoms with Crippen LogP contribution in [0.25, 0.3) is 4.96 Å². The summed E-state index contributed by atoms with van der Waals surface area (Å²) >= 11 is 1.39. The van der Waals surface area contributed by atoms with Crippen molar-refractivity contribution in [1.29, 1.82) is 0 Å². The normalized spacial score (nSPS) is 19.0. The van der Waals surface area contributed by atoms with E-state index in [9.17, 15) is 9.59 Å². The van der Waals surface area contributed by atoms with Gasteiger partial charge in [0.15, 0.2) is 0 Å². The average molecular weight is 307 g/mol. The molecule has 8 heteroatoms. The maximum absolute atomic E-state index is 11.9. The largest absolute Gasteiger partial charge is 0.359 e. The number of nitrogens with zero attached hydrogens (tertiary/aromatic N) is 4. The van der Waals surface area contributed by atoms with Gasteiger partial charge in [0.05, 0.1) is 5.92 Å². The van der Waals surface area contributed by atoms with Crippen molar-refractivity contribution < 1.29 is 4.79 Å². The molecule has 0 saturated carbocycles.